The van der Waals surface area contributed by atoms with Crippen molar-refractivity contribution in [2.45, 2.75) is 13.3 Å². The molecule has 0 bridgehead atoms. The number of hydrogen-bond donors (Lipinski definition) is 1. The van der Waals surface area contributed by atoms with E-state index < -0.39 is 0 Å². The summed E-state index contributed by atoms with van der Waals surface area (Å²) in [6, 6.07) is 0. The van der Waals surface area contributed by atoms with Crippen LogP contribution in [0.5, 0.6) is 0 Å². The maximum Gasteiger partial charge on any atom is 0.185 e. The summed E-state index contributed by atoms with van der Waals surface area (Å²) in [5.41, 5.74) is 0. The predicted octanol–water partition coefficient (Wildman–Crippen LogP) is 0.0281. The molecule has 2 N–H and O–H groups in total. The highest BCUT2D eigenvalue weighted by atomic mass is 32.1. The van der Waals surface area contributed by atoms with E-state index in [-0.39, 0.29) is 10.6 Å². The summed E-state index contributed by atoms with van der Waals surface area (Å²) in [4.78, 5) is 9.68. The molecule has 6 heavy (non-hydrogen) atoms. The van der Waals surface area contributed by atoms with Crippen molar-refractivity contribution in [3.05, 3.63) is 0 Å². The molecule has 0 aromatic carbocycles. The lowest BCUT2D eigenvalue weighted by molar-refractivity contribution is -0.110. The molecular formula is C3H8O2S. The van der Waals surface area contributed by atoms with E-state index >= 15 is 0 Å². The first-order valence-corrected chi connectivity index (χ1v) is 1.94. The van der Waals surface area contributed by atoms with Crippen molar-refractivity contribution in [3.8, 4) is 0 Å². The zero-order valence-electron chi connectivity index (χ0n) is 3.56. The van der Waals surface area contributed by atoms with Gasteiger partial charge in [-0.05, 0) is 0 Å². The Hall–Kier alpha value is -0.0200. The van der Waals surface area contributed by atoms with Gasteiger partial charge in [-0.25, -0.2) is 0 Å². The molecule has 0 unspecified atom stereocenters. The molecule has 0 aliphatic heterocycles. The molecule has 3 heteroatoms. The van der Waals surface area contributed by atoms with Gasteiger partial charge in [-0.2, -0.15) is 0 Å². The number of carbonyl (C=O) groups excluding carboxylic acids is 1. The average molecular weight is 108 g/mol. The fraction of sp³-hybridized carbons (Fsp3) is 0.667. The van der Waals surface area contributed by atoms with E-state index in [1.807, 2.05) is 0 Å². The van der Waals surface area contributed by atoms with E-state index in [0.717, 1.165) is 0 Å². The number of hydrogen-bond acceptors (Lipinski definition) is 1. The topological polar surface area (TPSA) is 48.6 Å². The Kier molecular flexibility index (Phi) is 7.77. The maximum atomic E-state index is 9.68. The Morgan fingerprint density at radius 1 is 1.83 bits per heavy atom. The van der Waals surface area contributed by atoms with E-state index in [1.54, 1.807) is 6.92 Å². The minimum absolute atomic E-state index is 0. The van der Waals surface area contributed by atoms with Crippen LogP contribution in [0.2, 0.25) is 0 Å². The standard InChI is InChI=1S/C3H6OS.H2O/c1-2-3(4)5;/h2H2,1H3,(H,4,5);1H2. The van der Waals surface area contributed by atoms with Gasteiger partial charge in [0, 0.05) is 6.42 Å². The number of thiol groups is 1. The van der Waals surface area contributed by atoms with Crippen LogP contribution in [-0.4, -0.2) is 10.6 Å². The second-order valence-electron chi connectivity index (χ2n) is 0.747. The van der Waals surface area contributed by atoms with Crippen LogP contribution < -0.4 is 0 Å². The van der Waals surface area contributed by atoms with Crippen molar-refractivity contribution in [1.29, 1.82) is 0 Å². The van der Waals surface area contributed by atoms with Crippen LogP contribution in [0.25, 0.3) is 0 Å². The Bertz CT molecular complexity index is 44.1. The lowest BCUT2D eigenvalue weighted by Gasteiger charge is -1.70. The summed E-state index contributed by atoms with van der Waals surface area (Å²) in [5.74, 6) is 0. The van der Waals surface area contributed by atoms with Gasteiger partial charge in [0.2, 0.25) is 0 Å². The molecule has 0 radical (unpaired) electrons. The highest BCUT2D eigenvalue weighted by molar-refractivity contribution is 7.96. The first-order chi connectivity index (χ1) is 2.27. The third kappa shape index (κ3) is 9.02. The van der Waals surface area contributed by atoms with Crippen LogP contribution >= 0.6 is 12.6 Å². The second kappa shape index (κ2) is 4.98. The highest BCUT2D eigenvalue weighted by Gasteiger charge is 1.78. The van der Waals surface area contributed by atoms with Crippen molar-refractivity contribution in [3.63, 3.8) is 0 Å². The third-order valence-electron chi connectivity index (χ3n) is 0.302. The molecule has 0 saturated carbocycles. The van der Waals surface area contributed by atoms with Crippen LogP contribution in [0.3, 0.4) is 0 Å². The van der Waals surface area contributed by atoms with Gasteiger partial charge in [0.1, 0.15) is 0 Å². The smallest absolute Gasteiger partial charge is 0.185 e. The van der Waals surface area contributed by atoms with Crippen molar-refractivity contribution in [2.24, 2.45) is 0 Å². The summed E-state index contributed by atoms with van der Waals surface area (Å²) in [7, 11) is 0. The van der Waals surface area contributed by atoms with Gasteiger partial charge < -0.3 is 5.48 Å². The normalized spacial score (nSPS) is 6.33. The van der Waals surface area contributed by atoms with Crippen LogP contribution in [0, 0.1) is 0 Å². The van der Waals surface area contributed by atoms with E-state index in [4.69, 9.17) is 0 Å². The first-order valence-electron chi connectivity index (χ1n) is 1.49. The Morgan fingerprint density at radius 3 is 2.00 bits per heavy atom. The lowest BCUT2D eigenvalue weighted by atomic mass is 10.6. The minimum atomic E-state index is -0.0509. The summed E-state index contributed by atoms with van der Waals surface area (Å²) in [6.45, 7) is 1.77. The van der Waals surface area contributed by atoms with E-state index in [0.29, 0.717) is 6.42 Å². The van der Waals surface area contributed by atoms with Crippen molar-refractivity contribution in [2.75, 3.05) is 0 Å². The predicted molar refractivity (Wildman–Crippen MR) is 27.9 cm³/mol. The van der Waals surface area contributed by atoms with E-state index in [1.165, 1.54) is 0 Å². The minimum Gasteiger partial charge on any atom is -0.412 e. The van der Waals surface area contributed by atoms with Crippen molar-refractivity contribution in [1.82, 2.24) is 0 Å². The van der Waals surface area contributed by atoms with Gasteiger partial charge in [-0.1, -0.05) is 6.92 Å². The Balaban J connectivity index is 0. The monoisotopic (exact) mass is 108 g/mol. The molecule has 0 atom stereocenters. The van der Waals surface area contributed by atoms with Crippen molar-refractivity contribution < 1.29 is 10.3 Å². The molecule has 0 spiro atoms. The van der Waals surface area contributed by atoms with E-state index in [2.05, 4.69) is 12.6 Å². The molecule has 2 nitrogen and oxygen atoms in total. The van der Waals surface area contributed by atoms with Gasteiger partial charge in [0.15, 0.2) is 5.12 Å². The fourth-order valence-corrected chi connectivity index (χ4v) is 0. The molecule has 38 valence electrons. The van der Waals surface area contributed by atoms with Crippen LogP contribution in [-0.2, 0) is 4.79 Å². The molecule has 0 heterocycles. The molecule has 0 amide bonds. The summed E-state index contributed by atoms with van der Waals surface area (Å²) < 4.78 is 0. The summed E-state index contributed by atoms with van der Waals surface area (Å²) >= 11 is 3.46. The zero-order valence-corrected chi connectivity index (χ0v) is 4.46. The third-order valence-corrected chi connectivity index (χ3v) is 0.619. The molecule has 0 fully saturated rings. The van der Waals surface area contributed by atoms with Gasteiger partial charge in [-0.15, -0.1) is 12.6 Å². The molecule has 0 aromatic rings. The Morgan fingerprint density at radius 2 is 2.00 bits per heavy atom. The van der Waals surface area contributed by atoms with Gasteiger partial charge in [0.25, 0.3) is 0 Å². The average Bonchev–Trinajstić information content (AvgIpc) is 1.38. The second-order valence-corrected chi connectivity index (χ2v) is 1.25. The SMILES string of the molecule is CCC(=O)S.O. The van der Waals surface area contributed by atoms with Crippen LogP contribution in [0.15, 0.2) is 0 Å². The maximum absolute atomic E-state index is 9.68. The lowest BCUT2D eigenvalue weighted by Crippen LogP contribution is -1.74. The van der Waals surface area contributed by atoms with Crippen LogP contribution in [0.1, 0.15) is 13.3 Å². The Labute approximate surface area is 42.3 Å². The molecule has 0 aromatic heterocycles. The molecular weight excluding hydrogens is 100 g/mol. The van der Waals surface area contributed by atoms with Gasteiger partial charge in [0.05, 0.1) is 0 Å². The van der Waals surface area contributed by atoms with E-state index in [9.17, 15) is 4.79 Å². The summed E-state index contributed by atoms with van der Waals surface area (Å²) in [6.07, 6.45) is 0.531. The summed E-state index contributed by atoms with van der Waals surface area (Å²) in [5, 5.41) is -0.0509. The molecule has 0 rings (SSSR count). The largest absolute Gasteiger partial charge is 0.412 e. The van der Waals surface area contributed by atoms with Crippen molar-refractivity contribution >= 4 is 17.7 Å². The highest BCUT2D eigenvalue weighted by Crippen LogP contribution is 1.80. The quantitative estimate of drug-likeness (QED) is 0.473. The molecule has 0 aliphatic carbocycles. The van der Waals surface area contributed by atoms with Gasteiger partial charge >= 0.3 is 0 Å². The number of rotatable bonds is 1. The first kappa shape index (κ1) is 9.36. The molecule has 0 saturated heterocycles. The number of carbonyl (C=O) groups is 1. The van der Waals surface area contributed by atoms with Gasteiger partial charge in [-0.3, -0.25) is 4.79 Å². The van der Waals surface area contributed by atoms with Crippen LogP contribution in [0.4, 0.5) is 0 Å². The fourth-order valence-electron chi connectivity index (χ4n) is 0. The molecule has 0 aliphatic rings. The zero-order chi connectivity index (χ0) is 4.28.